The van der Waals surface area contributed by atoms with Crippen molar-refractivity contribution in [1.82, 2.24) is 4.90 Å². The second-order valence-corrected chi connectivity index (χ2v) is 6.04. The molecule has 1 heterocycles. The molecule has 3 nitrogen and oxygen atoms in total. The van der Waals surface area contributed by atoms with E-state index in [9.17, 15) is 18.0 Å². The highest BCUT2D eigenvalue weighted by Crippen LogP contribution is 2.34. The normalized spacial score (nSPS) is 17.4. The average Bonchev–Trinajstić information content (AvgIpc) is 2.46. The van der Waals surface area contributed by atoms with Gasteiger partial charge in [0.25, 0.3) is 5.91 Å². The molecule has 1 saturated heterocycles. The smallest absolute Gasteiger partial charge is 0.259 e. The summed E-state index contributed by atoms with van der Waals surface area (Å²) in [4.78, 5) is 13.5. The molecular formula is C14H13F3N2OS. The number of rotatable bonds is 2. The molecule has 1 aromatic rings. The quantitative estimate of drug-likeness (QED) is 0.843. The van der Waals surface area contributed by atoms with Gasteiger partial charge >= 0.3 is 0 Å². The molecular weight excluding hydrogens is 301 g/mol. The average molecular weight is 314 g/mol. The Morgan fingerprint density at radius 2 is 1.81 bits per heavy atom. The van der Waals surface area contributed by atoms with Crippen LogP contribution >= 0.6 is 11.8 Å². The minimum Gasteiger partial charge on any atom is -0.338 e. The van der Waals surface area contributed by atoms with Gasteiger partial charge in [-0.1, -0.05) is 0 Å². The summed E-state index contributed by atoms with van der Waals surface area (Å²) >= 11 is 1.41. The second kappa shape index (κ2) is 5.98. The third-order valence-electron chi connectivity index (χ3n) is 3.67. The molecule has 0 aliphatic carbocycles. The molecule has 1 aliphatic rings. The Kier molecular flexibility index (Phi) is 4.47. The zero-order valence-corrected chi connectivity index (χ0v) is 12.1. The van der Waals surface area contributed by atoms with Gasteiger partial charge in [-0.15, -0.1) is 11.8 Å². The summed E-state index contributed by atoms with van der Waals surface area (Å²) in [7, 11) is 0. The van der Waals surface area contributed by atoms with E-state index >= 15 is 0 Å². The van der Waals surface area contributed by atoms with Crippen LogP contribution in [0.15, 0.2) is 12.1 Å². The lowest BCUT2D eigenvalue weighted by atomic mass is 9.96. The van der Waals surface area contributed by atoms with Crippen LogP contribution in [-0.4, -0.2) is 34.9 Å². The summed E-state index contributed by atoms with van der Waals surface area (Å²) < 4.78 is 39.5. The Bertz CT molecular complexity index is 584. The van der Waals surface area contributed by atoms with Gasteiger partial charge in [-0.2, -0.15) is 5.26 Å². The molecule has 0 atom stereocenters. The van der Waals surface area contributed by atoms with E-state index in [1.165, 1.54) is 16.7 Å². The molecule has 7 heteroatoms. The molecule has 0 radical (unpaired) electrons. The molecule has 21 heavy (non-hydrogen) atoms. The summed E-state index contributed by atoms with van der Waals surface area (Å²) in [6.45, 7) is 0.479. The summed E-state index contributed by atoms with van der Waals surface area (Å²) in [5.41, 5.74) is -0.745. The van der Waals surface area contributed by atoms with E-state index in [-0.39, 0.29) is 13.1 Å². The summed E-state index contributed by atoms with van der Waals surface area (Å²) in [6, 6.07) is 3.20. The van der Waals surface area contributed by atoms with Crippen LogP contribution in [0.3, 0.4) is 0 Å². The first-order valence-corrected chi connectivity index (χ1v) is 7.55. The van der Waals surface area contributed by atoms with Gasteiger partial charge < -0.3 is 4.90 Å². The van der Waals surface area contributed by atoms with Crippen molar-refractivity contribution in [3.8, 4) is 6.07 Å². The molecule has 0 N–H and O–H groups in total. The maximum Gasteiger partial charge on any atom is 0.259 e. The Hall–Kier alpha value is -1.68. The Labute approximate surface area is 124 Å². The van der Waals surface area contributed by atoms with Crippen molar-refractivity contribution in [2.45, 2.75) is 17.6 Å². The molecule has 0 aromatic heterocycles. The van der Waals surface area contributed by atoms with Crippen LogP contribution in [0.1, 0.15) is 23.2 Å². The zero-order chi connectivity index (χ0) is 15.6. The molecule has 1 fully saturated rings. The number of likely N-dealkylation sites (tertiary alicyclic amines) is 1. The van der Waals surface area contributed by atoms with E-state index in [1.807, 2.05) is 6.26 Å². The fourth-order valence-electron chi connectivity index (χ4n) is 2.34. The topological polar surface area (TPSA) is 44.1 Å². The van der Waals surface area contributed by atoms with Crippen LogP contribution in [0.4, 0.5) is 13.2 Å². The Morgan fingerprint density at radius 3 is 2.24 bits per heavy atom. The number of piperidine rings is 1. The number of halogens is 3. The molecule has 0 saturated carbocycles. The summed E-state index contributed by atoms with van der Waals surface area (Å²) in [6.07, 6.45) is 2.68. The summed E-state index contributed by atoms with van der Waals surface area (Å²) in [5, 5.41) is 9.17. The van der Waals surface area contributed by atoms with E-state index in [1.54, 1.807) is 0 Å². The predicted molar refractivity (Wildman–Crippen MR) is 73.3 cm³/mol. The highest BCUT2D eigenvalue weighted by molar-refractivity contribution is 8.00. The minimum absolute atomic E-state index is 0.240. The van der Waals surface area contributed by atoms with Crippen molar-refractivity contribution >= 4 is 17.7 Å². The van der Waals surface area contributed by atoms with E-state index in [0.29, 0.717) is 25.0 Å². The fourth-order valence-corrected chi connectivity index (χ4v) is 3.02. The van der Waals surface area contributed by atoms with Gasteiger partial charge in [-0.05, 0) is 19.1 Å². The highest BCUT2D eigenvalue weighted by Gasteiger charge is 2.36. The van der Waals surface area contributed by atoms with Gasteiger partial charge in [-0.25, -0.2) is 13.2 Å². The van der Waals surface area contributed by atoms with Gasteiger partial charge in [0, 0.05) is 25.2 Å². The first kappa shape index (κ1) is 15.7. The monoisotopic (exact) mass is 314 g/mol. The molecule has 1 amide bonds. The third-order valence-corrected chi connectivity index (χ3v) is 4.95. The van der Waals surface area contributed by atoms with Crippen molar-refractivity contribution in [2.75, 3.05) is 19.3 Å². The Balaban J connectivity index is 2.19. The lowest BCUT2D eigenvalue weighted by Gasteiger charge is -2.36. The van der Waals surface area contributed by atoms with Gasteiger partial charge in [0.2, 0.25) is 0 Å². The largest absolute Gasteiger partial charge is 0.338 e. The van der Waals surface area contributed by atoms with Crippen LogP contribution < -0.4 is 0 Å². The molecule has 1 aromatic carbocycles. The van der Waals surface area contributed by atoms with Crippen LogP contribution in [0, 0.1) is 28.8 Å². The SMILES string of the molecule is CSC1(C#N)CCN(C(=O)c2c(F)cc(F)cc2F)CC1. The standard InChI is InChI=1S/C14H13F3N2OS/c1-21-14(8-18)2-4-19(5-3-14)13(20)12-10(16)6-9(15)7-11(12)17/h6-7H,2-5H2,1H3. The first-order chi connectivity index (χ1) is 9.92. The van der Waals surface area contributed by atoms with E-state index in [0.717, 1.165) is 0 Å². The number of carbonyl (C=O) groups excluding carboxylic acids is 1. The van der Waals surface area contributed by atoms with Crippen molar-refractivity contribution < 1.29 is 18.0 Å². The maximum atomic E-state index is 13.6. The number of nitriles is 1. The third kappa shape index (κ3) is 3.00. The number of hydrogen-bond donors (Lipinski definition) is 0. The van der Waals surface area contributed by atoms with Gasteiger partial charge in [0.15, 0.2) is 0 Å². The van der Waals surface area contributed by atoms with Crippen molar-refractivity contribution in [1.29, 1.82) is 5.26 Å². The zero-order valence-electron chi connectivity index (χ0n) is 11.3. The molecule has 1 aliphatic heterocycles. The van der Waals surface area contributed by atoms with Crippen LogP contribution in [0.2, 0.25) is 0 Å². The molecule has 0 unspecified atom stereocenters. The van der Waals surface area contributed by atoms with Crippen LogP contribution in [0.5, 0.6) is 0 Å². The van der Waals surface area contributed by atoms with Crippen molar-refractivity contribution in [2.24, 2.45) is 0 Å². The number of benzene rings is 1. The number of amides is 1. The van der Waals surface area contributed by atoms with E-state index in [4.69, 9.17) is 5.26 Å². The molecule has 0 spiro atoms. The van der Waals surface area contributed by atoms with Gasteiger partial charge in [-0.3, -0.25) is 4.79 Å². The number of thioether (sulfide) groups is 1. The Morgan fingerprint density at radius 1 is 1.29 bits per heavy atom. The first-order valence-electron chi connectivity index (χ1n) is 6.32. The van der Waals surface area contributed by atoms with Gasteiger partial charge in [0.05, 0.1) is 6.07 Å². The molecule has 0 bridgehead atoms. The minimum atomic E-state index is -1.21. The van der Waals surface area contributed by atoms with Crippen molar-refractivity contribution in [3.63, 3.8) is 0 Å². The lowest BCUT2D eigenvalue weighted by molar-refractivity contribution is 0.0706. The molecule has 112 valence electrons. The summed E-state index contributed by atoms with van der Waals surface area (Å²) in [5.74, 6) is -4.29. The molecule has 2 rings (SSSR count). The number of nitrogens with zero attached hydrogens (tertiary/aromatic N) is 2. The van der Waals surface area contributed by atoms with Crippen molar-refractivity contribution in [3.05, 3.63) is 35.1 Å². The fraction of sp³-hybridized carbons (Fsp3) is 0.429. The highest BCUT2D eigenvalue weighted by atomic mass is 32.2. The predicted octanol–water partition coefficient (Wildman–Crippen LogP) is 2.97. The number of carbonyl (C=O) groups is 1. The maximum absolute atomic E-state index is 13.6. The van der Waals surface area contributed by atoms with E-state index in [2.05, 4.69) is 6.07 Å². The lowest BCUT2D eigenvalue weighted by Crippen LogP contribution is -2.44. The van der Waals surface area contributed by atoms with Crippen LogP contribution in [0.25, 0.3) is 0 Å². The van der Waals surface area contributed by atoms with Crippen LogP contribution in [-0.2, 0) is 0 Å². The number of hydrogen-bond acceptors (Lipinski definition) is 3. The van der Waals surface area contributed by atoms with E-state index < -0.39 is 33.7 Å². The second-order valence-electron chi connectivity index (χ2n) is 4.85. The van der Waals surface area contributed by atoms with Gasteiger partial charge in [0.1, 0.15) is 27.8 Å².